The minimum Gasteiger partial charge on any atom is -0.481 e. The molecule has 3 aromatic rings. The van der Waals surface area contributed by atoms with E-state index in [0.717, 1.165) is 48.7 Å². The number of aryl methyl sites for hydroxylation is 2. The van der Waals surface area contributed by atoms with Crippen LogP contribution in [-0.4, -0.2) is 28.1 Å². The first-order valence-corrected chi connectivity index (χ1v) is 9.60. The van der Waals surface area contributed by atoms with Gasteiger partial charge in [-0.1, -0.05) is 0 Å². The highest BCUT2D eigenvalue weighted by molar-refractivity contribution is 5.84. The summed E-state index contributed by atoms with van der Waals surface area (Å²) in [6.45, 7) is 3.06. The molecule has 7 heteroatoms. The molecule has 1 amide bonds. The summed E-state index contributed by atoms with van der Waals surface area (Å²) >= 11 is 0. The third-order valence-corrected chi connectivity index (χ3v) is 5.08. The zero-order valence-corrected chi connectivity index (χ0v) is 15.8. The maximum atomic E-state index is 12.3. The quantitative estimate of drug-likeness (QED) is 0.502. The summed E-state index contributed by atoms with van der Waals surface area (Å²) in [6, 6.07) is 5.43. The number of ether oxygens (including phenoxy) is 1. The van der Waals surface area contributed by atoms with E-state index < -0.39 is 6.10 Å². The van der Waals surface area contributed by atoms with Crippen molar-refractivity contribution in [3.8, 4) is 5.75 Å². The standard InChI is InChI=1S/C21H23N3O4/c1-14(20(25)23-8-3-10-24-11-9-22-13-24)27-15-6-7-17-16-4-2-5-18(16)21(26)28-19(17)12-15/h6-7,9,11-14H,2-5,8,10H2,1H3,(H,23,25)/t14-/m1/s1. The molecule has 1 aliphatic rings. The molecule has 2 heterocycles. The monoisotopic (exact) mass is 381 g/mol. The third kappa shape index (κ3) is 3.78. The topological polar surface area (TPSA) is 86.4 Å². The molecule has 0 radical (unpaired) electrons. The lowest BCUT2D eigenvalue weighted by Gasteiger charge is -2.15. The van der Waals surface area contributed by atoms with Gasteiger partial charge in [0.05, 0.1) is 6.33 Å². The maximum Gasteiger partial charge on any atom is 0.339 e. The Hall–Kier alpha value is -3.09. The number of hydrogen-bond acceptors (Lipinski definition) is 5. The second-order valence-corrected chi connectivity index (χ2v) is 7.06. The predicted octanol–water partition coefficient (Wildman–Crippen LogP) is 2.45. The number of carbonyl (C=O) groups is 1. The van der Waals surface area contributed by atoms with Crippen LogP contribution >= 0.6 is 0 Å². The third-order valence-electron chi connectivity index (χ3n) is 5.08. The van der Waals surface area contributed by atoms with E-state index in [1.54, 1.807) is 25.5 Å². The number of nitrogens with zero attached hydrogens (tertiary/aromatic N) is 2. The van der Waals surface area contributed by atoms with Crippen LogP contribution in [0, 0.1) is 0 Å². The molecule has 1 aromatic carbocycles. The molecule has 1 aliphatic carbocycles. The number of rotatable bonds is 7. The Morgan fingerprint density at radius 1 is 1.36 bits per heavy atom. The fraction of sp³-hybridized carbons (Fsp3) is 0.381. The Morgan fingerprint density at radius 2 is 2.21 bits per heavy atom. The Kier molecular flexibility index (Phi) is 5.14. The SMILES string of the molecule is C[C@@H](Oc1ccc2c3c(c(=O)oc2c1)CCC3)C(=O)NCCCn1ccnc1. The molecular weight excluding hydrogens is 358 g/mol. The van der Waals surface area contributed by atoms with Crippen LogP contribution in [0.4, 0.5) is 0 Å². The van der Waals surface area contributed by atoms with E-state index in [0.29, 0.717) is 17.9 Å². The van der Waals surface area contributed by atoms with Gasteiger partial charge in [-0.3, -0.25) is 4.79 Å². The van der Waals surface area contributed by atoms with Crippen LogP contribution in [0.5, 0.6) is 5.75 Å². The van der Waals surface area contributed by atoms with Crippen molar-refractivity contribution in [1.29, 1.82) is 0 Å². The molecule has 1 atom stereocenters. The number of fused-ring (bicyclic) bond motifs is 3. The van der Waals surface area contributed by atoms with Gasteiger partial charge >= 0.3 is 5.63 Å². The summed E-state index contributed by atoms with van der Waals surface area (Å²) in [6.07, 6.45) is 8.19. The second kappa shape index (κ2) is 7.88. The summed E-state index contributed by atoms with van der Waals surface area (Å²) in [5, 5.41) is 3.83. The van der Waals surface area contributed by atoms with Crippen molar-refractivity contribution >= 4 is 16.9 Å². The maximum absolute atomic E-state index is 12.3. The number of amides is 1. The van der Waals surface area contributed by atoms with Crippen LogP contribution in [0.1, 0.15) is 30.9 Å². The van der Waals surface area contributed by atoms with Gasteiger partial charge in [0.1, 0.15) is 11.3 Å². The van der Waals surface area contributed by atoms with E-state index in [-0.39, 0.29) is 11.5 Å². The molecule has 4 rings (SSSR count). The Labute approximate surface area is 162 Å². The lowest BCUT2D eigenvalue weighted by Crippen LogP contribution is -2.37. The molecule has 0 spiro atoms. The van der Waals surface area contributed by atoms with Gasteiger partial charge in [-0.15, -0.1) is 0 Å². The van der Waals surface area contributed by atoms with E-state index in [1.165, 1.54) is 0 Å². The molecular formula is C21H23N3O4. The zero-order valence-electron chi connectivity index (χ0n) is 15.8. The zero-order chi connectivity index (χ0) is 19.5. The first-order chi connectivity index (χ1) is 13.6. The summed E-state index contributed by atoms with van der Waals surface area (Å²) in [5.74, 6) is 0.329. The molecule has 7 nitrogen and oxygen atoms in total. The van der Waals surface area contributed by atoms with Crippen molar-refractivity contribution in [2.75, 3.05) is 6.54 Å². The fourth-order valence-corrected chi connectivity index (χ4v) is 3.63. The van der Waals surface area contributed by atoms with Crippen LogP contribution in [0.2, 0.25) is 0 Å². The van der Waals surface area contributed by atoms with Crippen LogP contribution in [0.15, 0.2) is 46.1 Å². The van der Waals surface area contributed by atoms with Gasteiger partial charge in [0.15, 0.2) is 6.10 Å². The summed E-state index contributed by atoms with van der Waals surface area (Å²) < 4.78 is 13.2. The normalized spacial score (nSPS) is 14.0. The minimum atomic E-state index is -0.646. The Morgan fingerprint density at radius 3 is 3.04 bits per heavy atom. The van der Waals surface area contributed by atoms with Gasteiger partial charge in [0, 0.05) is 42.5 Å². The smallest absolute Gasteiger partial charge is 0.339 e. The molecule has 0 aliphatic heterocycles. The molecule has 1 N–H and O–H groups in total. The molecule has 0 bridgehead atoms. The predicted molar refractivity (Wildman–Crippen MR) is 104 cm³/mol. The fourth-order valence-electron chi connectivity index (χ4n) is 3.63. The van der Waals surface area contributed by atoms with E-state index in [4.69, 9.17) is 9.15 Å². The number of nitrogens with one attached hydrogen (secondary N) is 1. The molecule has 0 fully saturated rings. The van der Waals surface area contributed by atoms with Crippen LogP contribution < -0.4 is 15.7 Å². The highest BCUT2D eigenvalue weighted by atomic mass is 16.5. The first-order valence-electron chi connectivity index (χ1n) is 9.60. The Bertz CT molecular complexity index is 1040. The van der Waals surface area contributed by atoms with E-state index in [9.17, 15) is 9.59 Å². The lowest BCUT2D eigenvalue weighted by molar-refractivity contribution is -0.127. The molecule has 0 saturated heterocycles. The van der Waals surface area contributed by atoms with Gasteiger partial charge in [-0.05, 0) is 50.3 Å². The molecule has 0 unspecified atom stereocenters. The van der Waals surface area contributed by atoms with Crippen LogP contribution in [0.3, 0.4) is 0 Å². The van der Waals surface area contributed by atoms with Crippen molar-refractivity contribution in [3.05, 3.63) is 58.5 Å². The minimum absolute atomic E-state index is 0.180. The number of aromatic nitrogens is 2. The Balaban J connectivity index is 1.36. The summed E-state index contributed by atoms with van der Waals surface area (Å²) in [4.78, 5) is 28.4. The number of imidazole rings is 1. The molecule has 28 heavy (non-hydrogen) atoms. The summed E-state index contributed by atoms with van der Waals surface area (Å²) in [5.41, 5.74) is 2.13. The highest BCUT2D eigenvalue weighted by Crippen LogP contribution is 2.29. The molecule has 146 valence electrons. The second-order valence-electron chi connectivity index (χ2n) is 7.06. The summed E-state index contributed by atoms with van der Waals surface area (Å²) in [7, 11) is 0. The first kappa shape index (κ1) is 18.3. The van der Waals surface area contributed by atoms with Crippen molar-refractivity contribution < 1.29 is 13.9 Å². The van der Waals surface area contributed by atoms with Gasteiger partial charge < -0.3 is 19.0 Å². The van der Waals surface area contributed by atoms with Gasteiger partial charge in [0.25, 0.3) is 5.91 Å². The largest absolute Gasteiger partial charge is 0.481 e. The van der Waals surface area contributed by atoms with Gasteiger partial charge in [-0.25, -0.2) is 9.78 Å². The van der Waals surface area contributed by atoms with Gasteiger partial charge in [-0.2, -0.15) is 0 Å². The number of benzene rings is 1. The van der Waals surface area contributed by atoms with Crippen molar-refractivity contribution in [2.45, 2.75) is 45.3 Å². The van der Waals surface area contributed by atoms with E-state index >= 15 is 0 Å². The molecule has 2 aromatic heterocycles. The van der Waals surface area contributed by atoms with Crippen molar-refractivity contribution in [1.82, 2.24) is 14.9 Å². The van der Waals surface area contributed by atoms with E-state index in [1.807, 2.05) is 22.9 Å². The van der Waals surface area contributed by atoms with Crippen molar-refractivity contribution in [3.63, 3.8) is 0 Å². The van der Waals surface area contributed by atoms with Crippen LogP contribution in [-0.2, 0) is 24.2 Å². The number of hydrogen-bond donors (Lipinski definition) is 1. The highest BCUT2D eigenvalue weighted by Gasteiger charge is 2.20. The van der Waals surface area contributed by atoms with Crippen molar-refractivity contribution in [2.24, 2.45) is 0 Å². The van der Waals surface area contributed by atoms with Gasteiger partial charge in [0.2, 0.25) is 0 Å². The number of carbonyl (C=O) groups excluding carboxylic acids is 1. The average molecular weight is 381 g/mol. The van der Waals surface area contributed by atoms with Crippen LogP contribution in [0.25, 0.3) is 11.0 Å². The molecule has 0 saturated carbocycles. The van der Waals surface area contributed by atoms with E-state index in [2.05, 4.69) is 10.3 Å². The average Bonchev–Trinajstić information content (AvgIpc) is 3.37. The lowest BCUT2D eigenvalue weighted by atomic mass is 10.1.